The summed E-state index contributed by atoms with van der Waals surface area (Å²) in [7, 11) is 0. The van der Waals surface area contributed by atoms with Gasteiger partial charge in [-0.25, -0.2) is 9.66 Å². The summed E-state index contributed by atoms with van der Waals surface area (Å²) in [5.74, 6) is -0.316. The highest BCUT2D eigenvalue weighted by Gasteiger charge is 2.29. The Morgan fingerprint density at radius 2 is 1.86 bits per heavy atom. The van der Waals surface area contributed by atoms with Crippen molar-refractivity contribution < 1.29 is 9.59 Å². The highest BCUT2D eigenvalue weighted by Crippen LogP contribution is 2.21. The molecule has 0 aliphatic carbocycles. The number of hydrogen-bond acceptors (Lipinski definition) is 3. The van der Waals surface area contributed by atoms with Crippen LogP contribution in [0.15, 0.2) is 48.8 Å². The first-order valence-corrected chi connectivity index (χ1v) is 9.62. The van der Waals surface area contributed by atoms with E-state index in [1.807, 2.05) is 50.2 Å². The number of nitrogens with zero attached hydrogens (tertiary/aromatic N) is 3. The molecule has 2 amide bonds. The number of nitrogens with one attached hydrogen (secondary N) is 1. The molecule has 4 rings (SSSR count). The molecule has 2 heterocycles. The van der Waals surface area contributed by atoms with Crippen molar-refractivity contribution in [3.05, 3.63) is 65.5 Å². The Balaban J connectivity index is 1.47. The SMILES string of the molecule is Cc1cc(C)cc(C(=O)N2CCC[C@H](C(=O)Nn3cnc4ccccc43)C2)c1. The number of aryl methyl sites for hydroxylation is 2. The van der Waals surface area contributed by atoms with Crippen LogP contribution in [0.1, 0.15) is 34.3 Å². The van der Waals surface area contributed by atoms with Crippen molar-refractivity contribution in [3.63, 3.8) is 0 Å². The van der Waals surface area contributed by atoms with Gasteiger partial charge in [0.15, 0.2) is 0 Å². The van der Waals surface area contributed by atoms with E-state index in [0.29, 0.717) is 18.7 Å². The molecule has 1 aliphatic heterocycles. The Bertz CT molecular complexity index is 1020. The standard InChI is InChI=1S/C22H24N4O2/c1-15-10-16(2)12-18(11-15)22(28)25-9-5-6-17(13-25)21(27)24-26-14-23-19-7-3-4-8-20(19)26/h3-4,7-8,10-12,14,17H,5-6,9,13H2,1-2H3,(H,24,27)/t17-/m0/s1. The number of carbonyl (C=O) groups is 2. The van der Waals surface area contributed by atoms with Crippen LogP contribution in [-0.4, -0.2) is 39.5 Å². The zero-order valence-corrected chi connectivity index (χ0v) is 16.2. The number of hydrogen-bond donors (Lipinski definition) is 1. The number of carbonyl (C=O) groups excluding carboxylic acids is 2. The largest absolute Gasteiger partial charge is 0.338 e. The minimum absolute atomic E-state index is 0.00243. The third-order valence-electron chi connectivity index (χ3n) is 5.23. The first-order chi connectivity index (χ1) is 13.5. The van der Waals surface area contributed by atoms with Crippen LogP contribution in [0.2, 0.25) is 0 Å². The lowest BCUT2D eigenvalue weighted by molar-refractivity contribution is -0.122. The van der Waals surface area contributed by atoms with Gasteiger partial charge >= 0.3 is 0 Å². The molecule has 0 spiro atoms. The molecule has 0 unspecified atom stereocenters. The number of rotatable bonds is 3. The van der Waals surface area contributed by atoms with Gasteiger partial charge in [-0.3, -0.25) is 15.0 Å². The molecular formula is C22H24N4O2. The van der Waals surface area contributed by atoms with Gasteiger partial charge in [-0.1, -0.05) is 29.3 Å². The van der Waals surface area contributed by atoms with Crippen molar-refractivity contribution >= 4 is 22.8 Å². The van der Waals surface area contributed by atoms with E-state index in [1.165, 1.54) is 0 Å². The maximum Gasteiger partial charge on any atom is 0.253 e. The maximum atomic E-state index is 12.9. The third-order valence-corrected chi connectivity index (χ3v) is 5.23. The molecule has 1 N–H and O–H groups in total. The fraction of sp³-hybridized carbons (Fsp3) is 0.318. The van der Waals surface area contributed by atoms with Crippen molar-refractivity contribution in [1.29, 1.82) is 0 Å². The van der Waals surface area contributed by atoms with Crippen LogP contribution in [0.25, 0.3) is 11.0 Å². The molecule has 2 aromatic carbocycles. The number of aromatic nitrogens is 2. The van der Waals surface area contributed by atoms with Crippen LogP contribution < -0.4 is 5.43 Å². The van der Waals surface area contributed by atoms with Crippen molar-refractivity contribution in [3.8, 4) is 0 Å². The Kier molecular flexibility index (Phi) is 4.86. The summed E-state index contributed by atoms with van der Waals surface area (Å²) in [6.07, 6.45) is 3.21. The average molecular weight is 376 g/mol. The monoisotopic (exact) mass is 376 g/mol. The van der Waals surface area contributed by atoms with Gasteiger partial charge < -0.3 is 4.90 Å². The molecule has 6 heteroatoms. The minimum Gasteiger partial charge on any atom is -0.338 e. The Morgan fingerprint density at radius 3 is 2.64 bits per heavy atom. The Morgan fingerprint density at radius 1 is 1.11 bits per heavy atom. The van der Waals surface area contributed by atoms with E-state index < -0.39 is 0 Å². The van der Waals surface area contributed by atoms with E-state index in [-0.39, 0.29) is 17.7 Å². The first kappa shape index (κ1) is 18.2. The van der Waals surface area contributed by atoms with Crippen molar-refractivity contribution in [2.75, 3.05) is 18.5 Å². The summed E-state index contributed by atoms with van der Waals surface area (Å²) in [6.45, 7) is 5.10. The number of likely N-dealkylation sites (tertiary alicyclic amines) is 1. The minimum atomic E-state index is -0.232. The van der Waals surface area contributed by atoms with E-state index >= 15 is 0 Å². The molecule has 28 heavy (non-hydrogen) atoms. The zero-order valence-electron chi connectivity index (χ0n) is 16.2. The fourth-order valence-electron chi connectivity index (χ4n) is 3.91. The number of para-hydroxylation sites is 2. The molecule has 144 valence electrons. The number of piperidine rings is 1. The normalized spacial score (nSPS) is 16.9. The van der Waals surface area contributed by atoms with E-state index in [4.69, 9.17) is 0 Å². The second-order valence-corrected chi connectivity index (χ2v) is 7.55. The van der Waals surface area contributed by atoms with Gasteiger partial charge in [-0.05, 0) is 51.0 Å². The molecule has 0 radical (unpaired) electrons. The van der Waals surface area contributed by atoms with Gasteiger partial charge in [0.1, 0.15) is 6.33 Å². The summed E-state index contributed by atoms with van der Waals surface area (Å²) in [6, 6.07) is 13.5. The Labute approximate surface area is 164 Å². The molecule has 1 atom stereocenters. The van der Waals surface area contributed by atoms with Crippen LogP contribution in [-0.2, 0) is 4.79 Å². The molecule has 1 fully saturated rings. The summed E-state index contributed by atoms with van der Waals surface area (Å²) in [5.41, 5.74) is 7.45. The lowest BCUT2D eigenvalue weighted by atomic mass is 9.96. The summed E-state index contributed by atoms with van der Waals surface area (Å²) in [4.78, 5) is 31.9. The van der Waals surface area contributed by atoms with Gasteiger partial charge in [0.05, 0.1) is 17.0 Å². The average Bonchev–Trinajstić information content (AvgIpc) is 3.10. The van der Waals surface area contributed by atoms with Gasteiger partial charge in [0.2, 0.25) is 5.91 Å². The molecule has 3 aromatic rings. The van der Waals surface area contributed by atoms with Gasteiger partial charge in [-0.15, -0.1) is 0 Å². The van der Waals surface area contributed by atoms with E-state index in [2.05, 4.69) is 16.5 Å². The van der Waals surface area contributed by atoms with Crippen molar-refractivity contribution in [2.45, 2.75) is 26.7 Å². The van der Waals surface area contributed by atoms with Crippen LogP contribution in [0.3, 0.4) is 0 Å². The van der Waals surface area contributed by atoms with E-state index in [0.717, 1.165) is 35.0 Å². The lowest BCUT2D eigenvalue weighted by Crippen LogP contribution is -2.44. The first-order valence-electron chi connectivity index (χ1n) is 9.62. The molecule has 6 nitrogen and oxygen atoms in total. The van der Waals surface area contributed by atoms with Crippen LogP contribution in [0, 0.1) is 19.8 Å². The summed E-state index contributed by atoms with van der Waals surface area (Å²) >= 11 is 0. The topological polar surface area (TPSA) is 67.2 Å². The van der Waals surface area contributed by atoms with Crippen LogP contribution >= 0.6 is 0 Å². The van der Waals surface area contributed by atoms with Crippen LogP contribution in [0.4, 0.5) is 0 Å². The molecule has 1 saturated heterocycles. The quantitative estimate of drug-likeness (QED) is 0.763. The van der Waals surface area contributed by atoms with Gasteiger partial charge in [-0.2, -0.15) is 0 Å². The third kappa shape index (κ3) is 3.63. The van der Waals surface area contributed by atoms with Crippen LogP contribution in [0.5, 0.6) is 0 Å². The molecular weight excluding hydrogens is 352 g/mol. The number of fused-ring (bicyclic) bond motifs is 1. The number of benzene rings is 2. The maximum absolute atomic E-state index is 12.9. The van der Waals surface area contributed by atoms with Crippen molar-refractivity contribution in [2.24, 2.45) is 5.92 Å². The van der Waals surface area contributed by atoms with E-state index in [1.54, 1.807) is 15.9 Å². The Hall–Kier alpha value is -3.15. The van der Waals surface area contributed by atoms with Gasteiger partial charge in [0.25, 0.3) is 5.91 Å². The van der Waals surface area contributed by atoms with E-state index in [9.17, 15) is 9.59 Å². The predicted octanol–water partition coefficient (Wildman–Crippen LogP) is 3.28. The van der Waals surface area contributed by atoms with Gasteiger partial charge in [0, 0.05) is 18.7 Å². The molecule has 0 bridgehead atoms. The lowest BCUT2D eigenvalue weighted by Gasteiger charge is -2.32. The second kappa shape index (κ2) is 7.46. The molecule has 1 aromatic heterocycles. The second-order valence-electron chi connectivity index (χ2n) is 7.55. The highest BCUT2D eigenvalue weighted by molar-refractivity contribution is 5.95. The summed E-state index contributed by atoms with van der Waals surface area (Å²) < 4.78 is 1.66. The molecule has 1 aliphatic rings. The highest BCUT2D eigenvalue weighted by atomic mass is 16.2. The number of amides is 2. The van der Waals surface area contributed by atoms with Crippen molar-refractivity contribution in [1.82, 2.24) is 14.6 Å². The predicted molar refractivity (Wildman–Crippen MR) is 109 cm³/mol. The fourth-order valence-corrected chi connectivity index (χ4v) is 3.91. The number of imidazole rings is 1. The zero-order chi connectivity index (χ0) is 19.7. The summed E-state index contributed by atoms with van der Waals surface area (Å²) in [5, 5.41) is 0. The smallest absolute Gasteiger partial charge is 0.253 e. The molecule has 0 saturated carbocycles.